The van der Waals surface area contributed by atoms with E-state index in [-0.39, 0.29) is 23.2 Å². The normalized spacial score (nSPS) is 12.1. The van der Waals surface area contributed by atoms with Crippen molar-refractivity contribution in [3.63, 3.8) is 0 Å². The number of benzene rings is 2. The molecule has 2 aromatic carbocycles. The Kier molecular flexibility index (Phi) is 10.4. The molecule has 2 amide bonds. The molecule has 1 unspecified atom stereocenters. The van der Waals surface area contributed by atoms with Gasteiger partial charge in [0.1, 0.15) is 18.3 Å². The highest BCUT2D eigenvalue weighted by Crippen LogP contribution is 2.30. The van der Waals surface area contributed by atoms with Gasteiger partial charge in [-0.25, -0.2) is 8.42 Å². The van der Waals surface area contributed by atoms with Crippen molar-refractivity contribution < 1.29 is 22.7 Å². The summed E-state index contributed by atoms with van der Waals surface area (Å²) in [4.78, 5) is 27.7. The van der Waals surface area contributed by atoms with Crippen molar-refractivity contribution in [2.75, 3.05) is 30.8 Å². The number of anilines is 1. The molecule has 0 aliphatic heterocycles. The van der Waals surface area contributed by atoms with Crippen LogP contribution in [0, 0.1) is 6.92 Å². The Morgan fingerprint density at radius 3 is 2.34 bits per heavy atom. The molecule has 0 spiro atoms. The van der Waals surface area contributed by atoms with Gasteiger partial charge in [0.05, 0.1) is 24.1 Å². The lowest BCUT2D eigenvalue weighted by Crippen LogP contribution is -2.51. The molecule has 2 rings (SSSR count). The van der Waals surface area contributed by atoms with Gasteiger partial charge in [-0.15, -0.1) is 0 Å². The van der Waals surface area contributed by atoms with Crippen LogP contribution in [0.5, 0.6) is 5.75 Å². The first kappa shape index (κ1) is 28.5. The first-order valence-electron chi connectivity index (χ1n) is 11.4. The maximum Gasteiger partial charge on any atom is 0.244 e. The molecule has 8 nitrogen and oxygen atoms in total. The van der Waals surface area contributed by atoms with Gasteiger partial charge in [0, 0.05) is 13.1 Å². The number of nitrogens with zero attached hydrogens (tertiary/aromatic N) is 2. The first-order valence-corrected chi connectivity index (χ1v) is 13.6. The van der Waals surface area contributed by atoms with Gasteiger partial charge < -0.3 is 15.0 Å². The van der Waals surface area contributed by atoms with E-state index < -0.39 is 28.5 Å². The van der Waals surface area contributed by atoms with Gasteiger partial charge in [-0.3, -0.25) is 13.9 Å². The van der Waals surface area contributed by atoms with Crippen LogP contribution in [-0.4, -0.2) is 57.6 Å². The summed E-state index contributed by atoms with van der Waals surface area (Å²) < 4.78 is 31.4. The first-order chi connectivity index (χ1) is 16.5. The van der Waals surface area contributed by atoms with Crippen LogP contribution in [0.1, 0.15) is 37.8 Å². The number of unbranched alkanes of at least 4 members (excludes halogenated alkanes) is 1. The quantitative estimate of drug-likeness (QED) is 0.427. The predicted octanol–water partition coefficient (Wildman–Crippen LogP) is 3.76. The second-order valence-electron chi connectivity index (χ2n) is 8.42. The van der Waals surface area contributed by atoms with Gasteiger partial charge in [-0.1, -0.05) is 54.8 Å². The standard InChI is InChI=1S/C25H34ClN3O5S/c1-6-7-14-27-25(31)19(3)28(16-20-10-8-18(2)9-11-20)24(30)17-29(35(5,32)33)21-12-13-23(34-4)22(26)15-21/h8-13,15,19H,6-7,14,16-17H2,1-5H3,(H,27,31). The monoisotopic (exact) mass is 523 g/mol. The number of methoxy groups -OCH3 is 1. The average Bonchev–Trinajstić information content (AvgIpc) is 2.80. The van der Waals surface area contributed by atoms with Gasteiger partial charge >= 0.3 is 0 Å². The minimum absolute atomic E-state index is 0.155. The maximum atomic E-state index is 13.5. The third kappa shape index (κ3) is 8.14. The minimum Gasteiger partial charge on any atom is -0.495 e. The van der Waals surface area contributed by atoms with Crippen molar-refractivity contribution in [1.29, 1.82) is 0 Å². The number of ether oxygens (including phenoxy) is 1. The molecule has 35 heavy (non-hydrogen) atoms. The van der Waals surface area contributed by atoms with Crippen LogP contribution in [0.3, 0.4) is 0 Å². The summed E-state index contributed by atoms with van der Waals surface area (Å²) in [5.41, 5.74) is 2.12. The molecular formula is C25H34ClN3O5S. The number of halogens is 1. The molecule has 0 aliphatic carbocycles. The summed E-state index contributed by atoms with van der Waals surface area (Å²) >= 11 is 6.20. The van der Waals surface area contributed by atoms with E-state index in [1.807, 2.05) is 38.1 Å². The second-order valence-corrected chi connectivity index (χ2v) is 10.7. The van der Waals surface area contributed by atoms with E-state index in [9.17, 15) is 18.0 Å². The van der Waals surface area contributed by atoms with E-state index in [1.165, 1.54) is 30.2 Å². The van der Waals surface area contributed by atoms with E-state index in [4.69, 9.17) is 16.3 Å². The van der Waals surface area contributed by atoms with Gasteiger partial charge in [0.2, 0.25) is 21.8 Å². The Balaban J connectivity index is 2.36. The highest BCUT2D eigenvalue weighted by atomic mass is 35.5. The summed E-state index contributed by atoms with van der Waals surface area (Å²) in [6, 6.07) is 11.3. The molecule has 10 heteroatoms. The number of hydrogen-bond acceptors (Lipinski definition) is 5. The Hall–Kier alpha value is -2.78. The highest BCUT2D eigenvalue weighted by molar-refractivity contribution is 7.92. The van der Waals surface area contributed by atoms with Crippen LogP contribution >= 0.6 is 11.6 Å². The number of carbonyl (C=O) groups excluding carboxylic acids is 2. The smallest absolute Gasteiger partial charge is 0.244 e. The van der Waals surface area contributed by atoms with Crippen LogP contribution in [0.15, 0.2) is 42.5 Å². The number of rotatable bonds is 12. The molecule has 0 aliphatic rings. The topological polar surface area (TPSA) is 96.0 Å². The van der Waals surface area contributed by atoms with Gasteiger partial charge in [0.25, 0.3) is 0 Å². The molecule has 0 saturated heterocycles. The van der Waals surface area contributed by atoms with E-state index in [0.717, 1.165) is 34.5 Å². The second kappa shape index (κ2) is 12.8. The predicted molar refractivity (Wildman–Crippen MR) is 139 cm³/mol. The highest BCUT2D eigenvalue weighted by Gasteiger charge is 2.30. The maximum absolute atomic E-state index is 13.5. The molecule has 192 valence electrons. The van der Waals surface area contributed by atoms with Crippen LogP contribution < -0.4 is 14.4 Å². The van der Waals surface area contributed by atoms with Gasteiger partial charge in [-0.05, 0) is 44.0 Å². The van der Waals surface area contributed by atoms with E-state index in [1.54, 1.807) is 6.92 Å². The van der Waals surface area contributed by atoms with Crippen LogP contribution in [-0.2, 0) is 26.2 Å². The molecule has 0 aromatic heterocycles. The fourth-order valence-corrected chi connectivity index (χ4v) is 4.53. The summed E-state index contributed by atoms with van der Waals surface area (Å²) in [6.07, 6.45) is 2.77. The number of nitrogens with one attached hydrogen (secondary N) is 1. The van der Waals surface area contributed by atoms with E-state index in [2.05, 4.69) is 5.32 Å². The van der Waals surface area contributed by atoms with Crippen molar-refractivity contribution in [3.05, 3.63) is 58.6 Å². The third-order valence-corrected chi connectivity index (χ3v) is 7.01. The average molecular weight is 524 g/mol. The Bertz CT molecular complexity index is 1120. The van der Waals surface area contributed by atoms with Crippen LogP contribution in [0.2, 0.25) is 5.02 Å². The fourth-order valence-electron chi connectivity index (χ4n) is 3.43. The van der Waals surface area contributed by atoms with Crippen molar-refractivity contribution in [1.82, 2.24) is 10.2 Å². The molecule has 0 bridgehead atoms. The molecule has 0 radical (unpaired) electrons. The van der Waals surface area contributed by atoms with Gasteiger partial charge in [0.15, 0.2) is 0 Å². The molecule has 1 atom stereocenters. The minimum atomic E-state index is -3.84. The number of sulfonamides is 1. The van der Waals surface area contributed by atoms with Crippen molar-refractivity contribution >= 4 is 39.1 Å². The molecule has 0 saturated carbocycles. The lowest BCUT2D eigenvalue weighted by atomic mass is 10.1. The van der Waals surface area contributed by atoms with Crippen LogP contribution in [0.4, 0.5) is 5.69 Å². The Labute approximate surface area is 213 Å². The van der Waals surface area contributed by atoms with Crippen LogP contribution in [0.25, 0.3) is 0 Å². The summed E-state index contributed by atoms with van der Waals surface area (Å²) in [5, 5.41) is 3.07. The van der Waals surface area contributed by atoms with Crippen molar-refractivity contribution in [2.24, 2.45) is 0 Å². The SMILES string of the molecule is CCCCNC(=O)C(C)N(Cc1ccc(C)cc1)C(=O)CN(c1ccc(OC)c(Cl)c1)S(C)(=O)=O. The van der Waals surface area contributed by atoms with Gasteiger partial charge in [-0.2, -0.15) is 0 Å². The number of amides is 2. The fraction of sp³-hybridized carbons (Fsp3) is 0.440. The van der Waals surface area contributed by atoms with E-state index in [0.29, 0.717) is 12.3 Å². The Morgan fingerprint density at radius 1 is 1.14 bits per heavy atom. The molecule has 0 fully saturated rings. The number of aryl methyl sites for hydroxylation is 1. The lowest BCUT2D eigenvalue weighted by molar-refractivity contribution is -0.139. The molecule has 2 aromatic rings. The third-order valence-electron chi connectivity index (χ3n) is 5.57. The number of carbonyl (C=O) groups is 2. The number of hydrogen-bond donors (Lipinski definition) is 1. The lowest BCUT2D eigenvalue weighted by Gasteiger charge is -2.31. The molecule has 0 heterocycles. The summed E-state index contributed by atoms with van der Waals surface area (Å²) in [5.74, 6) is -0.424. The van der Waals surface area contributed by atoms with Crippen molar-refractivity contribution in [2.45, 2.75) is 46.2 Å². The van der Waals surface area contributed by atoms with E-state index >= 15 is 0 Å². The zero-order chi connectivity index (χ0) is 26.2. The summed E-state index contributed by atoms with van der Waals surface area (Å²) in [6.45, 7) is 5.80. The Morgan fingerprint density at radius 2 is 1.80 bits per heavy atom. The molecular weight excluding hydrogens is 490 g/mol. The molecule has 1 N–H and O–H groups in total. The zero-order valence-electron chi connectivity index (χ0n) is 20.9. The summed E-state index contributed by atoms with van der Waals surface area (Å²) in [7, 11) is -2.39. The zero-order valence-corrected chi connectivity index (χ0v) is 22.4. The van der Waals surface area contributed by atoms with Crippen molar-refractivity contribution in [3.8, 4) is 5.75 Å². The largest absolute Gasteiger partial charge is 0.495 e.